The highest BCUT2D eigenvalue weighted by molar-refractivity contribution is 6.00. The molecular weight excluding hydrogens is 426 g/mol. The van der Waals surface area contributed by atoms with Crippen molar-refractivity contribution in [2.75, 3.05) is 26.2 Å². The molecule has 3 heterocycles. The summed E-state index contributed by atoms with van der Waals surface area (Å²) in [5.74, 6) is -1.52. The Labute approximate surface area is 191 Å². The number of aryl methyl sites for hydroxylation is 2. The lowest BCUT2D eigenvalue weighted by Gasteiger charge is -2.31. The van der Waals surface area contributed by atoms with Crippen LogP contribution >= 0.6 is 0 Å². The van der Waals surface area contributed by atoms with Crippen LogP contribution < -0.4 is 16.3 Å². The summed E-state index contributed by atoms with van der Waals surface area (Å²) in [6.45, 7) is 3.02. The van der Waals surface area contributed by atoms with Crippen molar-refractivity contribution in [3.8, 4) is 0 Å². The second-order valence-electron chi connectivity index (χ2n) is 8.96. The molecule has 10 heteroatoms. The van der Waals surface area contributed by atoms with Gasteiger partial charge in [-0.1, -0.05) is 12.5 Å². The minimum absolute atomic E-state index is 0.224. The smallest absolute Gasteiger partial charge is 0.329 e. The number of hydrogen-bond donors (Lipinski definition) is 3. The molecule has 2 atom stereocenters. The molecule has 0 saturated carbocycles. The number of nitrogens with one attached hydrogen (secondary N) is 2. The van der Waals surface area contributed by atoms with E-state index in [1.165, 1.54) is 4.57 Å². The standard InChI is InChI=1S/C23H31N5O5/c1-26-19-13-15(5-3-2-4-11-27-12-10-24-16(14-27)22(31)32)6-7-17(19)28(23(26)33)18-8-9-20(29)25-21(18)30/h6-7,13,16,18,24H,2-5,8-12,14H2,1H3,(H,31,32)(H,25,29,30). The summed E-state index contributed by atoms with van der Waals surface area (Å²) in [6, 6.07) is 4.74. The molecule has 4 rings (SSSR count). The van der Waals surface area contributed by atoms with Gasteiger partial charge in [-0.05, 0) is 49.9 Å². The van der Waals surface area contributed by atoms with Gasteiger partial charge >= 0.3 is 11.7 Å². The summed E-state index contributed by atoms with van der Waals surface area (Å²) < 4.78 is 3.06. The molecule has 2 unspecified atom stereocenters. The number of hydrogen-bond acceptors (Lipinski definition) is 6. The number of nitrogens with zero attached hydrogens (tertiary/aromatic N) is 3. The van der Waals surface area contributed by atoms with Crippen molar-refractivity contribution in [2.45, 2.75) is 50.6 Å². The van der Waals surface area contributed by atoms with Crippen LogP contribution in [0.5, 0.6) is 0 Å². The number of piperazine rings is 1. The summed E-state index contributed by atoms with van der Waals surface area (Å²) >= 11 is 0. The van der Waals surface area contributed by atoms with Crippen molar-refractivity contribution >= 4 is 28.8 Å². The fourth-order valence-corrected chi connectivity index (χ4v) is 4.81. The summed E-state index contributed by atoms with van der Waals surface area (Å²) in [7, 11) is 1.70. The zero-order valence-electron chi connectivity index (χ0n) is 18.9. The summed E-state index contributed by atoms with van der Waals surface area (Å²) in [6.07, 6.45) is 4.48. The first-order chi connectivity index (χ1) is 15.8. The Kier molecular flexibility index (Phi) is 6.94. The number of rotatable bonds is 8. The fraction of sp³-hybridized carbons (Fsp3) is 0.565. The number of imide groups is 1. The van der Waals surface area contributed by atoms with E-state index in [0.717, 1.165) is 49.9 Å². The first kappa shape index (κ1) is 23.2. The van der Waals surface area contributed by atoms with Gasteiger partial charge in [0.2, 0.25) is 11.8 Å². The van der Waals surface area contributed by atoms with Gasteiger partial charge in [0.1, 0.15) is 12.1 Å². The molecule has 2 fully saturated rings. The fourth-order valence-electron chi connectivity index (χ4n) is 4.81. The SMILES string of the molecule is Cn1c(=O)n(C2CCC(=O)NC2=O)c2ccc(CCCCCN3CCNC(C(=O)O)C3)cc21. The van der Waals surface area contributed by atoms with Crippen LogP contribution in [-0.2, 0) is 27.9 Å². The van der Waals surface area contributed by atoms with Crippen molar-refractivity contribution in [1.29, 1.82) is 0 Å². The van der Waals surface area contributed by atoms with E-state index in [4.69, 9.17) is 5.11 Å². The highest BCUT2D eigenvalue weighted by Gasteiger charge is 2.31. The molecule has 0 aliphatic carbocycles. The number of carboxylic acids is 1. The third-order valence-electron chi connectivity index (χ3n) is 6.67. The van der Waals surface area contributed by atoms with Crippen LogP contribution in [0.25, 0.3) is 11.0 Å². The van der Waals surface area contributed by atoms with Gasteiger partial charge in [0.15, 0.2) is 0 Å². The molecule has 2 amide bonds. The quantitative estimate of drug-likeness (QED) is 0.387. The van der Waals surface area contributed by atoms with Crippen LogP contribution in [0.3, 0.4) is 0 Å². The summed E-state index contributed by atoms with van der Waals surface area (Å²) in [4.78, 5) is 50.0. The van der Waals surface area contributed by atoms with Gasteiger partial charge in [-0.25, -0.2) is 4.79 Å². The van der Waals surface area contributed by atoms with Crippen molar-refractivity contribution in [2.24, 2.45) is 7.05 Å². The highest BCUT2D eigenvalue weighted by atomic mass is 16.4. The van der Waals surface area contributed by atoms with Gasteiger partial charge < -0.3 is 10.4 Å². The number of piperidine rings is 1. The van der Waals surface area contributed by atoms with Crippen LogP contribution in [0.4, 0.5) is 0 Å². The highest BCUT2D eigenvalue weighted by Crippen LogP contribution is 2.24. The molecule has 1 aromatic carbocycles. The number of unbranched alkanes of at least 4 members (excludes halogenated alkanes) is 2. The molecule has 0 radical (unpaired) electrons. The average molecular weight is 458 g/mol. The van der Waals surface area contributed by atoms with Gasteiger partial charge in [0.05, 0.1) is 11.0 Å². The summed E-state index contributed by atoms with van der Waals surface area (Å²) in [5.41, 5.74) is 2.36. The number of amides is 2. The average Bonchev–Trinajstić information content (AvgIpc) is 3.04. The molecule has 2 aliphatic rings. The molecule has 2 saturated heterocycles. The maximum Gasteiger partial charge on any atom is 0.329 e. The Morgan fingerprint density at radius 2 is 1.97 bits per heavy atom. The Hall–Kier alpha value is -2.98. The Balaban J connectivity index is 1.35. The number of aliphatic carboxylic acids is 1. The van der Waals surface area contributed by atoms with E-state index in [0.29, 0.717) is 25.0 Å². The molecule has 0 spiro atoms. The van der Waals surface area contributed by atoms with Crippen molar-refractivity contribution in [3.05, 3.63) is 34.2 Å². The lowest BCUT2D eigenvalue weighted by atomic mass is 10.0. The molecule has 2 aliphatic heterocycles. The maximum absolute atomic E-state index is 12.9. The van der Waals surface area contributed by atoms with Crippen LogP contribution in [0.15, 0.2) is 23.0 Å². The van der Waals surface area contributed by atoms with Gasteiger partial charge in [-0.3, -0.25) is 33.7 Å². The number of benzene rings is 1. The van der Waals surface area contributed by atoms with E-state index in [1.54, 1.807) is 11.6 Å². The van der Waals surface area contributed by atoms with E-state index >= 15 is 0 Å². The maximum atomic E-state index is 12.9. The number of carbonyl (C=O) groups excluding carboxylic acids is 2. The lowest BCUT2D eigenvalue weighted by molar-refractivity contribution is -0.141. The minimum Gasteiger partial charge on any atom is -0.480 e. The van der Waals surface area contributed by atoms with Crippen LogP contribution in [-0.4, -0.2) is 69.1 Å². The zero-order chi connectivity index (χ0) is 23.5. The minimum atomic E-state index is -0.795. The molecular formula is C23H31N5O5. The van der Waals surface area contributed by atoms with E-state index in [1.807, 2.05) is 18.2 Å². The Morgan fingerprint density at radius 1 is 1.15 bits per heavy atom. The van der Waals surface area contributed by atoms with Crippen molar-refractivity contribution in [1.82, 2.24) is 24.7 Å². The molecule has 178 valence electrons. The topological polar surface area (TPSA) is 126 Å². The van der Waals surface area contributed by atoms with Crippen LogP contribution in [0.1, 0.15) is 43.7 Å². The molecule has 0 bridgehead atoms. The molecule has 33 heavy (non-hydrogen) atoms. The number of fused-ring (bicyclic) bond motifs is 1. The van der Waals surface area contributed by atoms with E-state index < -0.39 is 24.0 Å². The predicted molar refractivity (Wildman–Crippen MR) is 122 cm³/mol. The van der Waals surface area contributed by atoms with Gasteiger partial charge in [-0.2, -0.15) is 0 Å². The zero-order valence-corrected chi connectivity index (χ0v) is 18.9. The largest absolute Gasteiger partial charge is 0.480 e. The Bertz CT molecular complexity index is 1120. The number of carbonyl (C=O) groups is 3. The predicted octanol–water partition coefficient (Wildman–Crippen LogP) is 0.389. The van der Waals surface area contributed by atoms with Gasteiger partial charge in [0.25, 0.3) is 0 Å². The molecule has 10 nitrogen and oxygen atoms in total. The second-order valence-corrected chi connectivity index (χ2v) is 8.96. The molecule has 3 N–H and O–H groups in total. The lowest BCUT2D eigenvalue weighted by Crippen LogP contribution is -2.54. The number of imidazole rings is 1. The Morgan fingerprint density at radius 3 is 2.73 bits per heavy atom. The second kappa shape index (κ2) is 9.88. The third kappa shape index (κ3) is 5.01. The van der Waals surface area contributed by atoms with Gasteiger partial charge in [-0.15, -0.1) is 0 Å². The molecule has 2 aromatic rings. The van der Waals surface area contributed by atoms with E-state index in [2.05, 4.69) is 15.5 Å². The summed E-state index contributed by atoms with van der Waals surface area (Å²) in [5, 5.41) is 14.5. The first-order valence-electron chi connectivity index (χ1n) is 11.6. The van der Waals surface area contributed by atoms with Gasteiger partial charge in [0, 0.05) is 33.1 Å². The van der Waals surface area contributed by atoms with Crippen molar-refractivity contribution in [3.63, 3.8) is 0 Å². The van der Waals surface area contributed by atoms with Crippen LogP contribution in [0, 0.1) is 0 Å². The number of carboxylic acid groups (broad SMARTS) is 1. The van der Waals surface area contributed by atoms with E-state index in [9.17, 15) is 19.2 Å². The monoisotopic (exact) mass is 457 g/mol. The number of aromatic nitrogens is 2. The van der Waals surface area contributed by atoms with Crippen LogP contribution in [0.2, 0.25) is 0 Å². The van der Waals surface area contributed by atoms with E-state index in [-0.39, 0.29) is 18.0 Å². The normalized spacial score (nSPS) is 22.0. The molecule has 1 aromatic heterocycles. The van der Waals surface area contributed by atoms with Crippen molar-refractivity contribution < 1.29 is 19.5 Å². The third-order valence-corrected chi connectivity index (χ3v) is 6.67. The first-order valence-corrected chi connectivity index (χ1v) is 11.6.